The molecule has 2 bridgehead atoms. The molecule has 1 unspecified atom stereocenters. The largest absolute Gasteiger partial charge is 0.497 e. The van der Waals surface area contributed by atoms with Crippen molar-refractivity contribution in [2.45, 2.75) is 43.6 Å². The molecule has 0 spiro atoms. The molecule has 0 aromatic heterocycles. The van der Waals surface area contributed by atoms with Gasteiger partial charge in [-0.3, -0.25) is 14.5 Å². The first-order valence-electron chi connectivity index (χ1n) is 12.4. The third kappa shape index (κ3) is 5.31. The van der Waals surface area contributed by atoms with Gasteiger partial charge in [-0.05, 0) is 85.7 Å². The number of benzene rings is 2. The number of methoxy groups -OCH3 is 1. The van der Waals surface area contributed by atoms with Crippen LogP contribution in [0, 0.1) is 5.92 Å². The molecular formula is C28H32BrN3O3. The number of piperidine rings is 3. The lowest BCUT2D eigenvalue weighted by atomic mass is 9.84. The van der Waals surface area contributed by atoms with Gasteiger partial charge in [-0.25, -0.2) is 0 Å². The lowest BCUT2D eigenvalue weighted by Gasteiger charge is -2.41. The molecule has 4 aliphatic rings. The fraction of sp³-hybridized carbons (Fsp3) is 0.429. The molecule has 2 aromatic carbocycles. The Hall–Kier alpha value is -2.64. The topological polar surface area (TPSA) is 70.7 Å². The quantitative estimate of drug-likeness (QED) is 0.535. The highest BCUT2D eigenvalue weighted by Gasteiger charge is 2.52. The second-order valence-electron chi connectivity index (χ2n) is 9.95. The van der Waals surface area contributed by atoms with Gasteiger partial charge < -0.3 is 15.4 Å². The number of hydrogen-bond donors (Lipinski definition) is 2. The van der Waals surface area contributed by atoms with E-state index in [0.29, 0.717) is 12.3 Å². The molecule has 2 aromatic rings. The zero-order valence-corrected chi connectivity index (χ0v) is 21.6. The molecular weight excluding hydrogens is 506 g/mol. The summed E-state index contributed by atoms with van der Waals surface area (Å²) in [6.07, 6.45) is 6.20. The Morgan fingerprint density at radius 3 is 2.37 bits per heavy atom. The van der Waals surface area contributed by atoms with Gasteiger partial charge in [-0.15, -0.1) is 0 Å². The van der Waals surface area contributed by atoms with Crippen LogP contribution in [-0.2, 0) is 21.4 Å². The monoisotopic (exact) mass is 537 g/mol. The summed E-state index contributed by atoms with van der Waals surface area (Å²) in [7, 11) is 1.63. The fourth-order valence-electron chi connectivity index (χ4n) is 5.32. The van der Waals surface area contributed by atoms with Crippen molar-refractivity contribution in [3.05, 3.63) is 75.9 Å². The third-order valence-corrected chi connectivity index (χ3v) is 8.25. The summed E-state index contributed by atoms with van der Waals surface area (Å²) in [5, 5.41) is 6.13. The van der Waals surface area contributed by atoms with E-state index in [0.717, 1.165) is 66.7 Å². The average Bonchev–Trinajstić information content (AvgIpc) is 3.71. The SMILES string of the molecule is COc1ccc(C2(C(=O)NC(Cc3ccc(Br)cc3)C(=O)N/C=C3\CN4CCC3CC4)CC2)cc1. The van der Waals surface area contributed by atoms with E-state index in [1.807, 2.05) is 54.7 Å². The highest BCUT2D eigenvalue weighted by atomic mass is 79.9. The molecule has 7 heteroatoms. The Labute approximate surface area is 215 Å². The van der Waals surface area contributed by atoms with E-state index in [1.165, 1.54) is 5.57 Å². The van der Waals surface area contributed by atoms with Gasteiger partial charge in [0, 0.05) is 23.6 Å². The minimum atomic E-state index is -0.655. The molecule has 6 rings (SSSR count). The molecule has 1 saturated carbocycles. The van der Waals surface area contributed by atoms with Crippen molar-refractivity contribution in [3.8, 4) is 5.75 Å². The maximum Gasteiger partial charge on any atom is 0.246 e. The average molecular weight is 538 g/mol. The maximum atomic E-state index is 13.5. The fourth-order valence-corrected chi connectivity index (χ4v) is 5.59. The molecule has 3 heterocycles. The van der Waals surface area contributed by atoms with E-state index >= 15 is 0 Å². The van der Waals surface area contributed by atoms with E-state index in [9.17, 15) is 9.59 Å². The molecule has 3 saturated heterocycles. The van der Waals surface area contributed by atoms with Gasteiger partial charge in [0.1, 0.15) is 11.8 Å². The number of hydrogen-bond acceptors (Lipinski definition) is 4. The highest BCUT2D eigenvalue weighted by Crippen LogP contribution is 2.48. The lowest BCUT2D eigenvalue weighted by Crippen LogP contribution is -2.50. The van der Waals surface area contributed by atoms with Crippen LogP contribution in [0.2, 0.25) is 0 Å². The summed E-state index contributed by atoms with van der Waals surface area (Å²) in [5.74, 6) is 1.06. The van der Waals surface area contributed by atoms with Crippen LogP contribution >= 0.6 is 15.9 Å². The van der Waals surface area contributed by atoms with Crippen molar-refractivity contribution in [2.75, 3.05) is 26.7 Å². The molecule has 3 aliphatic heterocycles. The number of carbonyl (C=O) groups is 2. The number of nitrogens with one attached hydrogen (secondary N) is 2. The second kappa shape index (κ2) is 10.2. The van der Waals surface area contributed by atoms with E-state index in [2.05, 4.69) is 31.5 Å². The van der Waals surface area contributed by atoms with Crippen molar-refractivity contribution in [1.29, 1.82) is 0 Å². The van der Waals surface area contributed by atoms with E-state index in [4.69, 9.17) is 4.74 Å². The molecule has 1 aliphatic carbocycles. The van der Waals surface area contributed by atoms with Gasteiger partial charge in [-0.1, -0.05) is 40.2 Å². The lowest BCUT2D eigenvalue weighted by molar-refractivity contribution is -0.129. The summed E-state index contributed by atoms with van der Waals surface area (Å²) in [6.45, 7) is 3.21. The smallest absolute Gasteiger partial charge is 0.246 e. The van der Waals surface area contributed by atoms with Crippen molar-refractivity contribution < 1.29 is 14.3 Å². The van der Waals surface area contributed by atoms with Crippen molar-refractivity contribution in [3.63, 3.8) is 0 Å². The summed E-state index contributed by atoms with van der Waals surface area (Å²) < 4.78 is 6.24. The predicted molar refractivity (Wildman–Crippen MR) is 139 cm³/mol. The standard InChI is InChI=1S/C28H32BrN3O3/c1-35-24-8-4-22(5-9-24)28(12-13-28)27(34)31-25(16-19-2-6-23(29)7-3-19)26(33)30-17-21-18-32-14-10-20(21)11-15-32/h2-9,17,20,25H,10-16,18H2,1H3,(H,30,33)(H,31,34)/b21-17+. The predicted octanol–water partition coefficient (Wildman–Crippen LogP) is 3.94. The van der Waals surface area contributed by atoms with Gasteiger partial charge in [0.25, 0.3) is 0 Å². The van der Waals surface area contributed by atoms with Gasteiger partial charge in [-0.2, -0.15) is 0 Å². The summed E-state index contributed by atoms with van der Waals surface area (Å²) in [4.78, 5) is 29.3. The molecule has 2 amide bonds. The molecule has 1 atom stereocenters. The van der Waals surface area contributed by atoms with E-state index < -0.39 is 11.5 Å². The molecule has 4 fully saturated rings. The molecule has 35 heavy (non-hydrogen) atoms. The van der Waals surface area contributed by atoms with Crippen LogP contribution < -0.4 is 15.4 Å². The van der Waals surface area contributed by atoms with Gasteiger partial charge in [0.15, 0.2) is 0 Å². The Kier molecular flexibility index (Phi) is 6.98. The van der Waals surface area contributed by atoms with Crippen molar-refractivity contribution in [2.24, 2.45) is 5.92 Å². The number of fused-ring (bicyclic) bond motifs is 3. The number of amides is 2. The van der Waals surface area contributed by atoms with Crippen molar-refractivity contribution >= 4 is 27.7 Å². The number of halogens is 1. The van der Waals surface area contributed by atoms with Crippen LogP contribution in [0.5, 0.6) is 5.75 Å². The Balaban J connectivity index is 1.32. The molecule has 2 N–H and O–H groups in total. The number of rotatable bonds is 8. The van der Waals surface area contributed by atoms with Crippen LogP contribution in [0.1, 0.15) is 36.8 Å². The highest BCUT2D eigenvalue weighted by molar-refractivity contribution is 9.10. The zero-order chi connectivity index (χ0) is 24.4. The van der Waals surface area contributed by atoms with E-state index in [-0.39, 0.29) is 11.8 Å². The normalized spacial score (nSPS) is 24.0. The first-order valence-corrected chi connectivity index (χ1v) is 13.2. The summed E-state index contributed by atoms with van der Waals surface area (Å²) >= 11 is 3.47. The Morgan fingerprint density at radius 2 is 1.80 bits per heavy atom. The first kappa shape index (κ1) is 24.1. The minimum Gasteiger partial charge on any atom is -0.497 e. The van der Waals surface area contributed by atoms with Crippen LogP contribution in [-0.4, -0.2) is 49.5 Å². The molecule has 6 nitrogen and oxygen atoms in total. The summed E-state index contributed by atoms with van der Waals surface area (Å²) in [5.41, 5.74) is 2.69. The first-order chi connectivity index (χ1) is 17.0. The second-order valence-corrected chi connectivity index (χ2v) is 10.9. The third-order valence-electron chi connectivity index (χ3n) is 7.72. The Morgan fingerprint density at radius 1 is 1.11 bits per heavy atom. The number of ether oxygens (including phenoxy) is 1. The van der Waals surface area contributed by atoms with E-state index in [1.54, 1.807) is 7.11 Å². The zero-order valence-electron chi connectivity index (χ0n) is 20.1. The van der Waals surface area contributed by atoms with Crippen LogP contribution in [0.4, 0.5) is 0 Å². The van der Waals surface area contributed by atoms with Gasteiger partial charge in [0.05, 0.1) is 12.5 Å². The Bertz CT molecular complexity index is 1100. The van der Waals surface area contributed by atoms with Crippen LogP contribution in [0.25, 0.3) is 0 Å². The van der Waals surface area contributed by atoms with Crippen molar-refractivity contribution in [1.82, 2.24) is 15.5 Å². The number of nitrogens with zero attached hydrogens (tertiary/aromatic N) is 1. The van der Waals surface area contributed by atoms with Crippen LogP contribution in [0.15, 0.2) is 64.8 Å². The summed E-state index contributed by atoms with van der Waals surface area (Å²) in [6, 6.07) is 14.9. The molecule has 184 valence electrons. The van der Waals surface area contributed by atoms with Crippen LogP contribution in [0.3, 0.4) is 0 Å². The van der Waals surface area contributed by atoms with Gasteiger partial charge in [0.2, 0.25) is 11.8 Å². The molecule has 0 radical (unpaired) electrons. The maximum absolute atomic E-state index is 13.5. The minimum absolute atomic E-state index is 0.0876. The van der Waals surface area contributed by atoms with Gasteiger partial charge >= 0.3 is 0 Å². The number of carbonyl (C=O) groups excluding carboxylic acids is 2.